The number of aryl methyl sites for hydroxylation is 1. The van der Waals surface area contributed by atoms with Crippen LogP contribution in [0.15, 0.2) is 42.7 Å². The van der Waals surface area contributed by atoms with Gasteiger partial charge in [-0.2, -0.15) is 9.78 Å². The Morgan fingerprint density at radius 3 is 2.65 bits per heavy atom. The van der Waals surface area contributed by atoms with Crippen LogP contribution in [-0.4, -0.2) is 36.0 Å². The second-order valence-corrected chi connectivity index (χ2v) is 5.75. The summed E-state index contributed by atoms with van der Waals surface area (Å²) < 4.78 is 3.73. The van der Waals surface area contributed by atoms with Crippen LogP contribution in [0.25, 0.3) is 5.69 Å². The average Bonchev–Trinajstić information content (AvgIpc) is 3.21. The first-order valence-corrected chi connectivity index (χ1v) is 7.72. The van der Waals surface area contributed by atoms with Gasteiger partial charge in [0.15, 0.2) is 5.82 Å². The molecule has 1 aromatic carbocycles. The first-order valence-electron chi connectivity index (χ1n) is 7.72. The summed E-state index contributed by atoms with van der Waals surface area (Å²) in [5, 5.41) is 19.8. The van der Waals surface area contributed by atoms with Crippen LogP contribution in [-0.2, 0) is 6.54 Å². The van der Waals surface area contributed by atoms with E-state index < -0.39 is 0 Å². The van der Waals surface area contributed by atoms with Crippen LogP contribution >= 0.6 is 0 Å². The fourth-order valence-corrected chi connectivity index (χ4v) is 2.39. The standard InChI is InChI=1S/C16H21N7/c1-12-9-18-22(11-12)14(3)13(2)17-10-16-19-20-21-23(16)15-7-5-4-6-8-15/h4-9,11,13-14,17H,10H2,1-3H3/t13-,14+/m0/s1. The van der Waals surface area contributed by atoms with Gasteiger partial charge in [-0.1, -0.05) is 18.2 Å². The monoisotopic (exact) mass is 311 g/mol. The van der Waals surface area contributed by atoms with Crippen molar-refractivity contribution in [1.29, 1.82) is 0 Å². The van der Waals surface area contributed by atoms with E-state index in [4.69, 9.17) is 0 Å². The van der Waals surface area contributed by atoms with E-state index in [9.17, 15) is 0 Å². The molecule has 120 valence electrons. The third-order valence-corrected chi connectivity index (χ3v) is 3.99. The summed E-state index contributed by atoms with van der Waals surface area (Å²) >= 11 is 0. The lowest BCUT2D eigenvalue weighted by atomic mass is 10.2. The summed E-state index contributed by atoms with van der Waals surface area (Å²) in [5.74, 6) is 0.784. The van der Waals surface area contributed by atoms with Gasteiger partial charge < -0.3 is 5.32 Å². The number of nitrogens with one attached hydrogen (secondary N) is 1. The second-order valence-electron chi connectivity index (χ2n) is 5.75. The van der Waals surface area contributed by atoms with Crippen molar-refractivity contribution >= 4 is 0 Å². The highest BCUT2D eigenvalue weighted by Gasteiger charge is 2.16. The third kappa shape index (κ3) is 3.45. The van der Waals surface area contributed by atoms with Crippen molar-refractivity contribution in [2.45, 2.75) is 39.4 Å². The number of rotatable bonds is 6. The molecule has 2 atom stereocenters. The lowest BCUT2D eigenvalue weighted by Crippen LogP contribution is -2.34. The van der Waals surface area contributed by atoms with Crippen LogP contribution in [0.2, 0.25) is 0 Å². The van der Waals surface area contributed by atoms with Gasteiger partial charge in [0, 0.05) is 12.2 Å². The summed E-state index contributed by atoms with van der Waals surface area (Å²) in [5.41, 5.74) is 2.12. The van der Waals surface area contributed by atoms with Crippen molar-refractivity contribution in [2.24, 2.45) is 0 Å². The Bertz CT molecular complexity index is 747. The maximum atomic E-state index is 4.38. The van der Waals surface area contributed by atoms with E-state index in [0.717, 1.165) is 17.1 Å². The van der Waals surface area contributed by atoms with Gasteiger partial charge in [0.1, 0.15) is 0 Å². The molecule has 0 fully saturated rings. The summed E-state index contributed by atoms with van der Waals surface area (Å²) in [6, 6.07) is 10.4. The number of benzene rings is 1. The normalized spacial score (nSPS) is 13.9. The molecule has 7 heteroatoms. The topological polar surface area (TPSA) is 73.5 Å². The van der Waals surface area contributed by atoms with Crippen molar-refractivity contribution in [2.75, 3.05) is 0 Å². The van der Waals surface area contributed by atoms with Crippen LogP contribution < -0.4 is 5.32 Å². The zero-order valence-corrected chi connectivity index (χ0v) is 13.6. The minimum absolute atomic E-state index is 0.232. The Hall–Kier alpha value is -2.54. The van der Waals surface area contributed by atoms with Gasteiger partial charge >= 0.3 is 0 Å². The zero-order chi connectivity index (χ0) is 16.2. The fourth-order valence-electron chi connectivity index (χ4n) is 2.39. The van der Waals surface area contributed by atoms with E-state index in [1.54, 1.807) is 4.68 Å². The van der Waals surface area contributed by atoms with Crippen molar-refractivity contribution in [3.63, 3.8) is 0 Å². The van der Waals surface area contributed by atoms with E-state index in [1.165, 1.54) is 0 Å². The largest absolute Gasteiger partial charge is 0.305 e. The predicted molar refractivity (Wildman–Crippen MR) is 87.1 cm³/mol. The van der Waals surface area contributed by atoms with Gasteiger partial charge in [-0.3, -0.25) is 4.68 Å². The molecular formula is C16H21N7. The molecule has 2 heterocycles. The van der Waals surface area contributed by atoms with Crippen LogP contribution in [0.1, 0.15) is 31.3 Å². The van der Waals surface area contributed by atoms with Gasteiger partial charge in [0.05, 0.1) is 24.5 Å². The SMILES string of the molecule is Cc1cnn([C@H](C)[C@H](C)NCc2nnnn2-c2ccccc2)c1. The highest BCUT2D eigenvalue weighted by Crippen LogP contribution is 2.12. The first-order chi connectivity index (χ1) is 11.1. The Morgan fingerprint density at radius 2 is 1.96 bits per heavy atom. The Kier molecular flexibility index (Phi) is 4.47. The Balaban J connectivity index is 1.66. The molecule has 3 rings (SSSR count). The molecule has 7 nitrogen and oxygen atoms in total. The average molecular weight is 311 g/mol. The van der Waals surface area contributed by atoms with Crippen LogP contribution in [0, 0.1) is 6.92 Å². The van der Waals surface area contributed by atoms with Crippen LogP contribution in [0.3, 0.4) is 0 Å². The van der Waals surface area contributed by atoms with Gasteiger partial charge in [-0.15, -0.1) is 5.10 Å². The van der Waals surface area contributed by atoms with Crippen molar-refractivity contribution in [3.05, 3.63) is 54.1 Å². The van der Waals surface area contributed by atoms with Crippen molar-refractivity contribution in [1.82, 2.24) is 35.3 Å². The van der Waals surface area contributed by atoms with E-state index in [-0.39, 0.29) is 12.1 Å². The molecule has 0 amide bonds. The lowest BCUT2D eigenvalue weighted by molar-refractivity contribution is 0.361. The molecule has 3 aromatic rings. The summed E-state index contributed by atoms with van der Waals surface area (Å²) in [6.45, 7) is 6.92. The quantitative estimate of drug-likeness (QED) is 0.753. The van der Waals surface area contributed by atoms with Gasteiger partial charge in [0.25, 0.3) is 0 Å². The molecule has 0 radical (unpaired) electrons. The molecular weight excluding hydrogens is 290 g/mol. The van der Waals surface area contributed by atoms with Gasteiger partial charge in [-0.05, 0) is 48.9 Å². The van der Waals surface area contributed by atoms with E-state index in [2.05, 4.69) is 46.0 Å². The van der Waals surface area contributed by atoms with Gasteiger partial charge in [0.2, 0.25) is 0 Å². The zero-order valence-electron chi connectivity index (χ0n) is 13.6. The number of hydrogen-bond donors (Lipinski definition) is 1. The number of aromatic nitrogens is 6. The third-order valence-electron chi connectivity index (χ3n) is 3.99. The minimum Gasteiger partial charge on any atom is -0.305 e. The molecule has 0 unspecified atom stereocenters. The van der Waals surface area contributed by atoms with Gasteiger partial charge in [-0.25, -0.2) is 0 Å². The Labute approximate surface area is 135 Å². The molecule has 0 aliphatic heterocycles. The number of hydrogen-bond acceptors (Lipinski definition) is 5. The fraction of sp³-hybridized carbons (Fsp3) is 0.375. The number of para-hydroxylation sites is 1. The summed E-state index contributed by atoms with van der Waals surface area (Å²) in [7, 11) is 0. The highest BCUT2D eigenvalue weighted by molar-refractivity contribution is 5.30. The number of nitrogens with zero attached hydrogens (tertiary/aromatic N) is 6. The Morgan fingerprint density at radius 1 is 1.17 bits per heavy atom. The van der Waals surface area contributed by atoms with Crippen LogP contribution in [0.5, 0.6) is 0 Å². The van der Waals surface area contributed by atoms with E-state index in [1.807, 2.05) is 48.1 Å². The van der Waals surface area contributed by atoms with E-state index in [0.29, 0.717) is 6.54 Å². The maximum Gasteiger partial charge on any atom is 0.170 e. The number of tetrazole rings is 1. The van der Waals surface area contributed by atoms with Crippen molar-refractivity contribution in [3.8, 4) is 5.69 Å². The predicted octanol–water partition coefficient (Wildman–Crippen LogP) is 1.91. The minimum atomic E-state index is 0.232. The first kappa shape index (κ1) is 15.4. The highest BCUT2D eigenvalue weighted by atomic mass is 15.5. The summed E-state index contributed by atoms with van der Waals surface area (Å²) in [6.07, 6.45) is 3.93. The smallest absolute Gasteiger partial charge is 0.170 e. The molecule has 0 aliphatic rings. The van der Waals surface area contributed by atoms with Crippen LogP contribution in [0.4, 0.5) is 0 Å². The molecule has 23 heavy (non-hydrogen) atoms. The molecule has 0 saturated carbocycles. The summed E-state index contributed by atoms with van der Waals surface area (Å²) in [4.78, 5) is 0. The second kappa shape index (κ2) is 6.70. The molecule has 2 aromatic heterocycles. The molecule has 0 spiro atoms. The molecule has 1 N–H and O–H groups in total. The lowest BCUT2D eigenvalue weighted by Gasteiger charge is -2.21. The molecule has 0 saturated heterocycles. The molecule has 0 bridgehead atoms. The van der Waals surface area contributed by atoms with Crippen molar-refractivity contribution < 1.29 is 0 Å². The van der Waals surface area contributed by atoms with E-state index >= 15 is 0 Å². The molecule has 0 aliphatic carbocycles. The maximum absolute atomic E-state index is 4.38.